The Morgan fingerprint density at radius 2 is 2.00 bits per heavy atom. The van der Waals surface area contributed by atoms with Gasteiger partial charge < -0.3 is 21.3 Å². The van der Waals surface area contributed by atoms with Crippen molar-refractivity contribution in [1.82, 2.24) is 15.3 Å². The van der Waals surface area contributed by atoms with Gasteiger partial charge in [-0.3, -0.25) is 9.97 Å². The zero-order valence-corrected chi connectivity index (χ0v) is 10.0. The number of fused-ring (bicyclic) bond motifs is 1. The fourth-order valence-corrected chi connectivity index (χ4v) is 1.90. The van der Waals surface area contributed by atoms with Crippen molar-refractivity contribution in [2.75, 3.05) is 19.3 Å². The summed E-state index contributed by atoms with van der Waals surface area (Å²) < 4.78 is 0. The maximum absolute atomic E-state index is 10.2. The van der Waals surface area contributed by atoms with Gasteiger partial charge in [0.25, 0.3) is 0 Å². The van der Waals surface area contributed by atoms with Gasteiger partial charge in [0.2, 0.25) is 0 Å². The normalized spacial score (nSPS) is 14.6. The second kappa shape index (κ2) is 5.26. The van der Waals surface area contributed by atoms with Gasteiger partial charge in [-0.1, -0.05) is 0 Å². The molecule has 1 aromatic carbocycles. The SMILES string of the molecule is CNCC(O)C(O)c1c(N)ccc2nccnc12. The van der Waals surface area contributed by atoms with Crippen LogP contribution in [0.5, 0.6) is 0 Å². The topological polar surface area (TPSA) is 104 Å². The highest BCUT2D eigenvalue weighted by atomic mass is 16.3. The first-order valence-corrected chi connectivity index (χ1v) is 5.65. The second-order valence-electron chi connectivity index (χ2n) is 4.06. The van der Waals surface area contributed by atoms with Crippen LogP contribution in [0.3, 0.4) is 0 Å². The lowest BCUT2D eigenvalue weighted by Gasteiger charge is -2.20. The Balaban J connectivity index is 2.51. The molecule has 96 valence electrons. The molecule has 5 N–H and O–H groups in total. The van der Waals surface area contributed by atoms with E-state index in [1.54, 1.807) is 25.4 Å². The van der Waals surface area contributed by atoms with Gasteiger partial charge in [-0.2, -0.15) is 0 Å². The number of benzene rings is 1. The van der Waals surface area contributed by atoms with Crippen molar-refractivity contribution in [1.29, 1.82) is 0 Å². The Labute approximate surface area is 104 Å². The van der Waals surface area contributed by atoms with Crippen LogP contribution in [0.2, 0.25) is 0 Å². The number of nitrogen functional groups attached to an aromatic ring is 1. The first-order valence-electron chi connectivity index (χ1n) is 5.65. The number of hydrogen-bond donors (Lipinski definition) is 4. The van der Waals surface area contributed by atoms with Crippen LogP contribution in [0.1, 0.15) is 11.7 Å². The van der Waals surface area contributed by atoms with Crippen LogP contribution in [0, 0.1) is 0 Å². The van der Waals surface area contributed by atoms with Crippen LogP contribution in [0.4, 0.5) is 5.69 Å². The Kier molecular flexibility index (Phi) is 3.71. The molecule has 1 heterocycles. The molecule has 2 atom stereocenters. The average molecular weight is 248 g/mol. The molecule has 0 aliphatic heterocycles. The van der Waals surface area contributed by atoms with E-state index in [0.717, 1.165) is 0 Å². The molecule has 0 saturated heterocycles. The van der Waals surface area contributed by atoms with Gasteiger partial charge in [-0.25, -0.2) is 0 Å². The summed E-state index contributed by atoms with van der Waals surface area (Å²) in [6.07, 6.45) is 1.05. The van der Waals surface area contributed by atoms with Crippen molar-refractivity contribution in [2.24, 2.45) is 0 Å². The Bertz CT molecular complexity index is 547. The van der Waals surface area contributed by atoms with E-state index in [9.17, 15) is 10.2 Å². The minimum Gasteiger partial charge on any atom is -0.398 e. The zero-order valence-electron chi connectivity index (χ0n) is 10.0. The van der Waals surface area contributed by atoms with Crippen molar-refractivity contribution in [3.05, 3.63) is 30.1 Å². The van der Waals surface area contributed by atoms with E-state index < -0.39 is 12.2 Å². The van der Waals surface area contributed by atoms with Crippen LogP contribution < -0.4 is 11.1 Å². The van der Waals surface area contributed by atoms with Gasteiger partial charge in [0, 0.05) is 30.2 Å². The molecule has 0 spiro atoms. The molecule has 0 bridgehead atoms. The van der Waals surface area contributed by atoms with E-state index in [-0.39, 0.29) is 6.54 Å². The lowest BCUT2D eigenvalue weighted by Crippen LogP contribution is -2.30. The molecule has 6 heteroatoms. The van der Waals surface area contributed by atoms with Gasteiger partial charge in [0.15, 0.2) is 0 Å². The monoisotopic (exact) mass is 248 g/mol. The highest BCUT2D eigenvalue weighted by Crippen LogP contribution is 2.29. The van der Waals surface area contributed by atoms with Crippen molar-refractivity contribution >= 4 is 16.7 Å². The van der Waals surface area contributed by atoms with Gasteiger partial charge >= 0.3 is 0 Å². The zero-order chi connectivity index (χ0) is 13.1. The molecule has 2 rings (SSSR count). The first kappa shape index (κ1) is 12.7. The number of anilines is 1. The minimum atomic E-state index is -1.10. The number of aromatic nitrogens is 2. The fourth-order valence-electron chi connectivity index (χ4n) is 1.90. The van der Waals surface area contributed by atoms with Crippen molar-refractivity contribution < 1.29 is 10.2 Å². The Hall–Kier alpha value is -1.76. The molecular weight excluding hydrogens is 232 g/mol. The van der Waals surface area contributed by atoms with E-state index in [1.807, 2.05) is 0 Å². The fraction of sp³-hybridized carbons (Fsp3) is 0.333. The van der Waals surface area contributed by atoms with Crippen LogP contribution in [-0.4, -0.2) is 39.9 Å². The van der Waals surface area contributed by atoms with Crippen LogP contribution in [-0.2, 0) is 0 Å². The van der Waals surface area contributed by atoms with Crippen molar-refractivity contribution in [3.8, 4) is 0 Å². The number of nitrogens with one attached hydrogen (secondary N) is 1. The standard InChI is InChI=1S/C12H16N4O2/c1-14-6-9(17)12(18)10-7(13)2-3-8-11(10)16-5-4-15-8/h2-5,9,12,14,17-18H,6,13H2,1H3. The molecule has 0 saturated carbocycles. The Morgan fingerprint density at radius 1 is 1.28 bits per heavy atom. The summed E-state index contributed by atoms with van der Waals surface area (Å²) in [6.45, 7) is 0.261. The lowest BCUT2D eigenvalue weighted by atomic mass is 10.0. The molecule has 0 aliphatic rings. The molecule has 0 amide bonds. The van der Waals surface area contributed by atoms with E-state index in [0.29, 0.717) is 22.3 Å². The third kappa shape index (κ3) is 2.26. The molecule has 0 radical (unpaired) electrons. The van der Waals surface area contributed by atoms with Crippen molar-refractivity contribution in [2.45, 2.75) is 12.2 Å². The molecule has 18 heavy (non-hydrogen) atoms. The Morgan fingerprint density at radius 3 is 2.72 bits per heavy atom. The second-order valence-corrected chi connectivity index (χ2v) is 4.06. The largest absolute Gasteiger partial charge is 0.398 e. The molecule has 2 unspecified atom stereocenters. The number of aliphatic hydroxyl groups excluding tert-OH is 2. The first-order chi connectivity index (χ1) is 8.65. The summed E-state index contributed by atoms with van der Waals surface area (Å²) >= 11 is 0. The highest BCUT2D eigenvalue weighted by molar-refractivity contribution is 5.83. The van der Waals surface area contributed by atoms with Crippen LogP contribution >= 0.6 is 0 Å². The third-order valence-electron chi connectivity index (χ3n) is 2.79. The van der Waals surface area contributed by atoms with E-state index >= 15 is 0 Å². The smallest absolute Gasteiger partial charge is 0.110 e. The van der Waals surface area contributed by atoms with E-state index in [4.69, 9.17) is 5.73 Å². The molecular formula is C12H16N4O2. The van der Waals surface area contributed by atoms with Gasteiger partial charge in [0.05, 0.1) is 17.1 Å². The summed E-state index contributed by atoms with van der Waals surface area (Å²) in [6, 6.07) is 3.39. The third-order valence-corrected chi connectivity index (χ3v) is 2.79. The number of rotatable bonds is 4. The molecule has 1 aromatic heterocycles. The number of aliphatic hydroxyl groups is 2. The summed E-state index contributed by atoms with van der Waals surface area (Å²) in [5.41, 5.74) is 7.83. The minimum absolute atomic E-state index is 0.261. The number of nitrogens with zero attached hydrogens (tertiary/aromatic N) is 2. The molecule has 0 aliphatic carbocycles. The van der Waals surface area contributed by atoms with E-state index in [2.05, 4.69) is 15.3 Å². The molecule has 6 nitrogen and oxygen atoms in total. The predicted octanol–water partition coefficient (Wildman–Crippen LogP) is -0.174. The number of hydrogen-bond acceptors (Lipinski definition) is 6. The lowest BCUT2D eigenvalue weighted by molar-refractivity contribution is 0.0214. The van der Waals surface area contributed by atoms with Gasteiger partial charge in [0.1, 0.15) is 6.10 Å². The van der Waals surface area contributed by atoms with Crippen LogP contribution in [0.25, 0.3) is 11.0 Å². The summed E-state index contributed by atoms with van der Waals surface area (Å²) in [5.74, 6) is 0. The maximum atomic E-state index is 10.2. The molecule has 0 fully saturated rings. The summed E-state index contributed by atoms with van der Waals surface area (Å²) in [4.78, 5) is 8.32. The van der Waals surface area contributed by atoms with Crippen molar-refractivity contribution in [3.63, 3.8) is 0 Å². The summed E-state index contributed by atoms with van der Waals surface area (Å²) in [5, 5.41) is 22.8. The van der Waals surface area contributed by atoms with Gasteiger partial charge in [-0.15, -0.1) is 0 Å². The molecule has 2 aromatic rings. The number of nitrogens with two attached hydrogens (primary N) is 1. The highest BCUT2D eigenvalue weighted by Gasteiger charge is 2.23. The summed E-state index contributed by atoms with van der Waals surface area (Å²) in [7, 11) is 1.70. The van der Waals surface area contributed by atoms with E-state index in [1.165, 1.54) is 6.20 Å². The van der Waals surface area contributed by atoms with Crippen LogP contribution in [0.15, 0.2) is 24.5 Å². The maximum Gasteiger partial charge on any atom is 0.110 e. The number of likely N-dealkylation sites (N-methyl/N-ethyl adjacent to an activating group) is 1. The quantitative estimate of drug-likeness (QED) is 0.560. The predicted molar refractivity (Wildman–Crippen MR) is 68.8 cm³/mol. The average Bonchev–Trinajstić information content (AvgIpc) is 2.38. The van der Waals surface area contributed by atoms with Gasteiger partial charge in [-0.05, 0) is 19.2 Å².